The first-order chi connectivity index (χ1) is 12.8. The molecule has 2 aliphatic rings. The maximum Gasteiger partial charge on any atom is 0.227 e. The number of carbonyl (C=O) groups is 1. The smallest absolute Gasteiger partial charge is 0.227 e. The summed E-state index contributed by atoms with van der Waals surface area (Å²) < 4.78 is 5.67. The summed E-state index contributed by atoms with van der Waals surface area (Å²) in [4.78, 5) is 19.3. The van der Waals surface area contributed by atoms with Gasteiger partial charge in [-0.2, -0.15) is 0 Å². The number of piperidine rings is 1. The zero-order chi connectivity index (χ0) is 17.8. The van der Waals surface area contributed by atoms with Gasteiger partial charge in [0.15, 0.2) is 0 Å². The number of aromatic nitrogens is 1. The maximum atomic E-state index is 12.5. The van der Waals surface area contributed by atoms with E-state index in [2.05, 4.69) is 15.2 Å². The Morgan fingerprint density at radius 2 is 1.85 bits per heavy atom. The van der Waals surface area contributed by atoms with Crippen LogP contribution in [0.2, 0.25) is 0 Å². The Hall–Kier alpha value is -2.40. The number of nitrogens with one attached hydrogen (secondary N) is 1. The predicted octanol–water partition coefficient (Wildman–Crippen LogP) is 3.93. The number of hydrogen-bond acceptors (Lipinski definition) is 4. The largest absolute Gasteiger partial charge is 0.439 e. The van der Waals surface area contributed by atoms with Crippen LogP contribution in [0.5, 0.6) is 11.6 Å². The van der Waals surface area contributed by atoms with E-state index in [4.69, 9.17) is 4.74 Å². The average molecular weight is 351 g/mol. The first-order valence-corrected chi connectivity index (χ1v) is 9.48. The van der Waals surface area contributed by atoms with Gasteiger partial charge in [0.2, 0.25) is 11.8 Å². The van der Waals surface area contributed by atoms with Crippen LogP contribution in [0.25, 0.3) is 0 Å². The van der Waals surface area contributed by atoms with Gasteiger partial charge in [0.05, 0.1) is 11.9 Å². The van der Waals surface area contributed by atoms with Crippen molar-refractivity contribution < 1.29 is 9.53 Å². The highest BCUT2D eigenvalue weighted by atomic mass is 16.5. The molecule has 0 atom stereocenters. The number of pyridine rings is 1. The molecule has 2 heterocycles. The number of carbonyl (C=O) groups excluding carboxylic acids is 1. The maximum absolute atomic E-state index is 12.5. The minimum absolute atomic E-state index is 0.102. The van der Waals surface area contributed by atoms with Crippen molar-refractivity contribution in [2.45, 2.75) is 25.7 Å². The molecular weight excluding hydrogens is 326 g/mol. The van der Waals surface area contributed by atoms with Crippen LogP contribution in [-0.4, -0.2) is 35.4 Å². The number of rotatable bonds is 6. The van der Waals surface area contributed by atoms with Crippen molar-refractivity contribution >= 4 is 11.6 Å². The van der Waals surface area contributed by atoms with Crippen LogP contribution in [-0.2, 0) is 4.79 Å². The molecule has 1 aliphatic carbocycles. The van der Waals surface area contributed by atoms with E-state index in [0.29, 0.717) is 5.88 Å². The van der Waals surface area contributed by atoms with Crippen LogP contribution < -0.4 is 10.1 Å². The number of anilines is 1. The van der Waals surface area contributed by atoms with E-state index in [-0.39, 0.29) is 11.8 Å². The Morgan fingerprint density at radius 1 is 1.08 bits per heavy atom. The van der Waals surface area contributed by atoms with Crippen LogP contribution in [0.3, 0.4) is 0 Å². The molecule has 1 saturated carbocycles. The standard InChI is InChI=1S/C21H25N3O2/c25-21(17-10-12-24(13-11-17)15-16-6-7-16)23-18-8-9-20(22-14-18)26-19-4-2-1-3-5-19/h1-5,8-9,14,16-17H,6-7,10-13,15H2,(H,23,25). The Balaban J connectivity index is 1.26. The van der Waals surface area contributed by atoms with Crippen LogP contribution in [0.15, 0.2) is 48.7 Å². The summed E-state index contributed by atoms with van der Waals surface area (Å²) in [6.45, 7) is 3.30. The summed E-state index contributed by atoms with van der Waals surface area (Å²) >= 11 is 0. The first-order valence-electron chi connectivity index (χ1n) is 9.48. The molecule has 5 heteroatoms. The molecule has 1 amide bonds. The van der Waals surface area contributed by atoms with Gasteiger partial charge in [-0.25, -0.2) is 4.98 Å². The van der Waals surface area contributed by atoms with E-state index >= 15 is 0 Å². The fraction of sp³-hybridized carbons (Fsp3) is 0.429. The van der Waals surface area contributed by atoms with E-state index in [0.717, 1.165) is 43.3 Å². The summed E-state index contributed by atoms with van der Waals surface area (Å²) in [6.07, 6.45) is 6.32. The lowest BCUT2D eigenvalue weighted by molar-refractivity contribution is -0.121. The minimum atomic E-state index is 0.102. The van der Waals surface area contributed by atoms with Gasteiger partial charge in [-0.05, 0) is 62.9 Å². The highest BCUT2D eigenvalue weighted by Crippen LogP contribution is 2.31. The molecule has 1 saturated heterocycles. The van der Waals surface area contributed by atoms with Crippen LogP contribution >= 0.6 is 0 Å². The average Bonchev–Trinajstić information content (AvgIpc) is 3.49. The molecule has 0 radical (unpaired) electrons. The van der Waals surface area contributed by atoms with Crippen molar-refractivity contribution in [2.24, 2.45) is 11.8 Å². The fourth-order valence-electron chi connectivity index (χ4n) is 3.41. The molecule has 26 heavy (non-hydrogen) atoms. The van der Waals surface area contributed by atoms with E-state index in [1.807, 2.05) is 36.4 Å². The highest BCUT2D eigenvalue weighted by Gasteiger charge is 2.29. The third-order valence-corrected chi connectivity index (χ3v) is 5.14. The summed E-state index contributed by atoms with van der Waals surface area (Å²) in [5.74, 6) is 2.39. The lowest BCUT2D eigenvalue weighted by atomic mass is 9.95. The highest BCUT2D eigenvalue weighted by molar-refractivity contribution is 5.92. The fourth-order valence-corrected chi connectivity index (χ4v) is 3.41. The SMILES string of the molecule is O=C(Nc1ccc(Oc2ccccc2)nc1)C1CCN(CC2CC2)CC1. The summed E-state index contributed by atoms with van der Waals surface area (Å²) in [5.41, 5.74) is 0.718. The zero-order valence-electron chi connectivity index (χ0n) is 14.9. The molecule has 1 aromatic heterocycles. The molecule has 4 rings (SSSR count). The number of hydrogen-bond donors (Lipinski definition) is 1. The van der Waals surface area contributed by atoms with Gasteiger partial charge < -0.3 is 15.0 Å². The number of nitrogens with zero attached hydrogens (tertiary/aromatic N) is 2. The van der Waals surface area contributed by atoms with Gasteiger partial charge in [-0.15, -0.1) is 0 Å². The van der Waals surface area contributed by atoms with Crippen molar-refractivity contribution in [2.75, 3.05) is 25.0 Å². The molecule has 136 valence electrons. The van der Waals surface area contributed by atoms with Gasteiger partial charge in [0, 0.05) is 18.5 Å². The molecule has 0 unspecified atom stereocenters. The van der Waals surface area contributed by atoms with E-state index in [1.54, 1.807) is 12.3 Å². The molecule has 1 N–H and O–H groups in total. The van der Waals surface area contributed by atoms with Crippen molar-refractivity contribution in [3.05, 3.63) is 48.7 Å². The predicted molar refractivity (Wildman–Crippen MR) is 101 cm³/mol. The quantitative estimate of drug-likeness (QED) is 0.857. The van der Waals surface area contributed by atoms with Crippen LogP contribution in [0, 0.1) is 11.8 Å². The van der Waals surface area contributed by atoms with Gasteiger partial charge in [-0.1, -0.05) is 18.2 Å². The second-order valence-electron chi connectivity index (χ2n) is 7.31. The third-order valence-electron chi connectivity index (χ3n) is 5.14. The second kappa shape index (κ2) is 7.87. The molecule has 1 aliphatic heterocycles. The van der Waals surface area contributed by atoms with Gasteiger partial charge >= 0.3 is 0 Å². The Bertz CT molecular complexity index is 721. The molecule has 2 fully saturated rings. The molecular formula is C21H25N3O2. The lowest BCUT2D eigenvalue weighted by Gasteiger charge is -2.31. The van der Waals surface area contributed by atoms with Gasteiger partial charge in [0.25, 0.3) is 0 Å². The zero-order valence-corrected chi connectivity index (χ0v) is 14.9. The number of ether oxygens (including phenoxy) is 1. The Morgan fingerprint density at radius 3 is 2.50 bits per heavy atom. The van der Waals surface area contributed by atoms with Crippen molar-refractivity contribution in [3.8, 4) is 11.6 Å². The van der Waals surface area contributed by atoms with E-state index < -0.39 is 0 Å². The van der Waals surface area contributed by atoms with Crippen LogP contribution in [0.4, 0.5) is 5.69 Å². The second-order valence-corrected chi connectivity index (χ2v) is 7.31. The van der Waals surface area contributed by atoms with Crippen molar-refractivity contribution in [1.82, 2.24) is 9.88 Å². The lowest BCUT2D eigenvalue weighted by Crippen LogP contribution is -2.39. The summed E-state index contributed by atoms with van der Waals surface area (Å²) in [5, 5.41) is 3.00. The first kappa shape index (κ1) is 17.0. The minimum Gasteiger partial charge on any atom is -0.439 e. The van der Waals surface area contributed by atoms with E-state index in [1.165, 1.54) is 19.4 Å². The molecule has 5 nitrogen and oxygen atoms in total. The summed E-state index contributed by atoms with van der Waals surface area (Å²) in [6, 6.07) is 13.2. The van der Waals surface area contributed by atoms with Gasteiger partial charge in [0.1, 0.15) is 5.75 Å². The van der Waals surface area contributed by atoms with Crippen molar-refractivity contribution in [1.29, 1.82) is 0 Å². The summed E-state index contributed by atoms with van der Waals surface area (Å²) in [7, 11) is 0. The normalized spacial score (nSPS) is 18.5. The topological polar surface area (TPSA) is 54.5 Å². The number of benzene rings is 1. The molecule has 0 bridgehead atoms. The van der Waals surface area contributed by atoms with Crippen LogP contribution in [0.1, 0.15) is 25.7 Å². The Labute approximate surface area is 154 Å². The molecule has 1 aromatic carbocycles. The number of likely N-dealkylation sites (tertiary alicyclic amines) is 1. The number of para-hydroxylation sites is 1. The number of amides is 1. The van der Waals surface area contributed by atoms with E-state index in [9.17, 15) is 4.79 Å². The van der Waals surface area contributed by atoms with Gasteiger partial charge in [-0.3, -0.25) is 4.79 Å². The third kappa shape index (κ3) is 4.61. The molecule has 0 spiro atoms. The molecule has 2 aromatic rings. The monoisotopic (exact) mass is 351 g/mol. The van der Waals surface area contributed by atoms with Crippen molar-refractivity contribution in [3.63, 3.8) is 0 Å². The Kier molecular flexibility index (Phi) is 5.16.